The summed E-state index contributed by atoms with van der Waals surface area (Å²) in [6.07, 6.45) is -0.505. The van der Waals surface area contributed by atoms with Gasteiger partial charge >= 0.3 is 0 Å². The van der Waals surface area contributed by atoms with E-state index in [-0.39, 0.29) is 0 Å². The first-order chi connectivity index (χ1) is 13.8. The first-order valence-corrected chi connectivity index (χ1v) is 10.9. The lowest BCUT2D eigenvalue weighted by molar-refractivity contribution is 0.0658. The Labute approximate surface area is 180 Å². The number of hydrogen-bond acceptors (Lipinski definition) is 4. The predicted molar refractivity (Wildman–Crippen MR) is 122 cm³/mol. The van der Waals surface area contributed by atoms with Gasteiger partial charge in [0.2, 0.25) is 0 Å². The van der Waals surface area contributed by atoms with Crippen LogP contribution in [0.5, 0.6) is 5.75 Å². The molecule has 1 heterocycles. The van der Waals surface area contributed by atoms with Crippen LogP contribution in [0.1, 0.15) is 36.5 Å². The van der Waals surface area contributed by atoms with E-state index < -0.39 is 6.10 Å². The number of rotatable bonds is 7. The third kappa shape index (κ3) is 5.88. The number of piperazine rings is 1. The van der Waals surface area contributed by atoms with Crippen molar-refractivity contribution in [2.75, 3.05) is 44.2 Å². The SMILES string of the molecule is Cc1ccc(C(C)C)c(OC[C@H](O)CN2CCN(c3cc(Cl)ccc3C)CC2)c1. The maximum Gasteiger partial charge on any atom is 0.123 e. The van der Waals surface area contributed by atoms with Crippen LogP contribution in [0.3, 0.4) is 0 Å². The van der Waals surface area contributed by atoms with E-state index in [9.17, 15) is 5.11 Å². The summed E-state index contributed by atoms with van der Waals surface area (Å²) in [7, 11) is 0. The summed E-state index contributed by atoms with van der Waals surface area (Å²) < 4.78 is 6.00. The normalized spacial score (nSPS) is 16.3. The molecule has 158 valence electrons. The summed E-state index contributed by atoms with van der Waals surface area (Å²) in [5.41, 5.74) is 4.82. The van der Waals surface area contributed by atoms with Gasteiger partial charge in [0.15, 0.2) is 0 Å². The number of aliphatic hydroxyl groups excluding tert-OH is 1. The highest BCUT2D eigenvalue weighted by Gasteiger charge is 2.21. The molecule has 0 amide bonds. The molecule has 0 unspecified atom stereocenters. The van der Waals surface area contributed by atoms with Gasteiger partial charge in [-0.05, 0) is 54.7 Å². The lowest BCUT2D eigenvalue weighted by atomic mass is 10.0. The van der Waals surface area contributed by atoms with Crippen molar-refractivity contribution in [3.05, 3.63) is 58.1 Å². The molecule has 2 aromatic carbocycles. The molecule has 1 saturated heterocycles. The van der Waals surface area contributed by atoms with Crippen molar-refractivity contribution in [2.45, 2.75) is 39.7 Å². The molecule has 2 aromatic rings. The van der Waals surface area contributed by atoms with Crippen molar-refractivity contribution in [1.29, 1.82) is 0 Å². The van der Waals surface area contributed by atoms with Gasteiger partial charge in [-0.2, -0.15) is 0 Å². The van der Waals surface area contributed by atoms with Crippen LogP contribution in [-0.2, 0) is 0 Å². The second kappa shape index (κ2) is 9.84. The Morgan fingerprint density at radius 2 is 1.76 bits per heavy atom. The molecule has 4 nitrogen and oxygen atoms in total. The second-order valence-electron chi connectivity index (χ2n) is 8.38. The highest BCUT2D eigenvalue weighted by Crippen LogP contribution is 2.28. The van der Waals surface area contributed by atoms with Gasteiger partial charge < -0.3 is 14.7 Å². The standard InChI is InChI=1S/C24H33ClN2O2/c1-17(2)22-8-5-18(3)13-24(22)29-16-21(28)15-26-9-11-27(12-10-26)23-14-20(25)7-6-19(23)4/h5-8,13-14,17,21,28H,9-12,15-16H2,1-4H3/t21-/m1/s1. The molecule has 0 aliphatic carbocycles. The molecule has 3 rings (SSSR count). The highest BCUT2D eigenvalue weighted by molar-refractivity contribution is 6.30. The third-order valence-electron chi connectivity index (χ3n) is 5.58. The maximum atomic E-state index is 10.5. The van der Waals surface area contributed by atoms with Crippen molar-refractivity contribution in [2.24, 2.45) is 0 Å². The molecule has 0 saturated carbocycles. The van der Waals surface area contributed by atoms with Gasteiger partial charge in [0, 0.05) is 43.4 Å². The predicted octanol–water partition coefficient (Wildman–Crippen LogP) is 4.64. The number of nitrogens with zero attached hydrogens (tertiary/aromatic N) is 2. The molecule has 1 aliphatic heterocycles. The number of halogens is 1. The zero-order valence-corrected chi connectivity index (χ0v) is 18.7. The van der Waals surface area contributed by atoms with Crippen LogP contribution < -0.4 is 9.64 Å². The van der Waals surface area contributed by atoms with E-state index in [2.05, 4.69) is 61.8 Å². The first-order valence-electron chi connectivity index (χ1n) is 10.5. The fourth-order valence-corrected chi connectivity index (χ4v) is 4.04. The Morgan fingerprint density at radius 1 is 1.03 bits per heavy atom. The van der Waals surface area contributed by atoms with Crippen molar-refractivity contribution in [3.8, 4) is 5.75 Å². The summed E-state index contributed by atoms with van der Waals surface area (Å²) >= 11 is 6.18. The van der Waals surface area contributed by atoms with Gasteiger partial charge in [0.05, 0.1) is 0 Å². The Hall–Kier alpha value is -1.75. The Bertz CT molecular complexity index is 817. The molecule has 0 radical (unpaired) electrons. The van der Waals surface area contributed by atoms with E-state index in [1.165, 1.54) is 22.4 Å². The van der Waals surface area contributed by atoms with Gasteiger partial charge in [0.1, 0.15) is 18.5 Å². The monoisotopic (exact) mass is 416 g/mol. The third-order valence-corrected chi connectivity index (χ3v) is 5.81. The van der Waals surface area contributed by atoms with Crippen molar-refractivity contribution in [1.82, 2.24) is 4.90 Å². The molecule has 0 bridgehead atoms. The van der Waals surface area contributed by atoms with Crippen molar-refractivity contribution in [3.63, 3.8) is 0 Å². The molecule has 5 heteroatoms. The van der Waals surface area contributed by atoms with E-state index in [0.717, 1.165) is 37.0 Å². The zero-order valence-electron chi connectivity index (χ0n) is 18.0. The minimum absolute atomic E-state index is 0.316. The minimum Gasteiger partial charge on any atom is -0.491 e. The van der Waals surface area contributed by atoms with Crippen LogP contribution in [-0.4, -0.2) is 55.4 Å². The van der Waals surface area contributed by atoms with Gasteiger partial charge in [0.25, 0.3) is 0 Å². The number of benzene rings is 2. The van der Waals surface area contributed by atoms with E-state index in [4.69, 9.17) is 16.3 Å². The number of anilines is 1. The van der Waals surface area contributed by atoms with Crippen LogP contribution in [0, 0.1) is 13.8 Å². The van der Waals surface area contributed by atoms with Gasteiger partial charge in [-0.15, -0.1) is 0 Å². The van der Waals surface area contributed by atoms with Gasteiger partial charge in [-0.3, -0.25) is 4.90 Å². The zero-order chi connectivity index (χ0) is 21.0. The van der Waals surface area contributed by atoms with Crippen LogP contribution >= 0.6 is 11.6 Å². The number of β-amino-alcohol motifs (C(OH)–C–C–N with tert-alkyl or cyclic N) is 1. The van der Waals surface area contributed by atoms with E-state index in [1.807, 2.05) is 12.1 Å². The average Bonchev–Trinajstić information content (AvgIpc) is 2.69. The van der Waals surface area contributed by atoms with Crippen LogP contribution in [0.15, 0.2) is 36.4 Å². The maximum absolute atomic E-state index is 10.5. The van der Waals surface area contributed by atoms with E-state index >= 15 is 0 Å². The van der Waals surface area contributed by atoms with E-state index in [0.29, 0.717) is 19.1 Å². The fourth-order valence-electron chi connectivity index (χ4n) is 3.87. The summed E-state index contributed by atoms with van der Waals surface area (Å²) in [6, 6.07) is 12.4. The molecular weight excluding hydrogens is 384 g/mol. The summed E-state index contributed by atoms with van der Waals surface area (Å²) in [4.78, 5) is 4.69. The summed E-state index contributed by atoms with van der Waals surface area (Å²) in [5.74, 6) is 1.28. The molecule has 0 aromatic heterocycles. The molecular formula is C24H33ClN2O2. The molecule has 1 atom stereocenters. The molecule has 1 fully saturated rings. The summed E-state index contributed by atoms with van der Waals surface area (Å²) in [6.45, 7) is 13.2. The average molecular weight is 417 g/mol. The molecule has 1 N–H and O–H groups in total. The Kier molecular flexibility index (Phi) is 7.44. The van der Waals surface area contributed by atoms with Crippen LogP contribution in [0.25, 0.3) is 0 Å². The topological polar surface area (TPSA) is 35.9 Å². The lowest BCUT2D eigenvalue weighted by Gasteiger charge is -2.37. The number of ether oxygens (including phenoxy) is 1. The van der Waals surface area contributed by atoms with Crippen LogP contribution in [0.2, 0.25) is 5.02 Å². The number of hydrogen-bond donors (Lipinski definition) is 1. The van der Waals surface area contributed by atoms with Crippen molar-refractivity contribution >= 4 is 17.3 Å². The second-order valence-corrected chi connectivity index (χ2v) is 8.82. The van der Waals surface area contributed by atoms with Gasteiger partial charge in [-0.1, -0.05) is 43.6 Å². The number of aryl methyl sites for hydroxylation is 2. The fraction of sp³-hybridized carbons (Fsp3) is 0.500. The Morgan fingerprint density at radius 3 is 2.45 bits per heavy atom. The molecule has 1 aliphatic rings. The summed E-state index contributed by atoms with van der Waals surface area (Å²) in [5, 5.41) is 11.3. The molecule has 29 heavy (non-hydrogen) atoms. The molecule has 0 spiro atoms. The smallest absolute Gasteiger partial charge is 0.123 e. The van der Waals surface area contributed by atoms with Crippen molar-refractivity contribution < 1.29 is 9.84 Å². The van der Waals surface area contributed by atoms with Gasteiger partial charge in [-0.25, -0.2) is 0 Å². The highest BCUT2D eigenvalue weighted by atomic mass is 35.5. The van der Waals surface area contributed by atoms with Crippen LogP contribution in [0.4, 0.5) is 5.69 Å². The lowest BCUT2D eigenvalue weighted by Crippen LogP contribution is -2.49. The quantitative estimate of drug-likeness (QED) is 0.713. The largest absolute Gasteiger partial charge is 0.491 e. The Balaban J connectivity index is 1.50. The van der Waals surface area contributed by atoms with E-state index in [1.54, 1.807) is 0 Å². The first kappa shape index (κ1) is 21.9. The minimum atomic E-state index is -0.505. The number of aliphatic hydroxyl groups is 1.